The Kier molecular flexibility index (Phi) is 4.19. The number of phenols is 1. The molecule has 5 nitrogen and oxygen atoms in total. The Bertz CT molecular complexity index is 485. The van der Waals surface area contributed by atoms with Gasteiger partial charge in [-0.05, 0) is 32.0 Å². The summed E-state index contributed by atoms with van der Waals surface area (Å²) in [7, 11) is 0. The maximum atomic E-state index is 11.7. The van der Waals surface area contributed by atoms with E-state index in [1.165, 1.54) is 32.0 Å². The Hall–Kier alpha value is -1.75. The van der Waals surface area contributed by atoms with Gasteiger partial charge < -0.3 is 15.5 Å². The van der Waals surface area contributed by atoms with Gasteiger partial charge >= 0.3 is 5.97 Å². The van der Waals surface area contributed by atoms with Crippen molar-refractivity contribution >= 4 is 23.5 Å². The number of aromatic hydroxyl groups is 1. The zero-order chi connectivity index (χ0) is 13.9. The van der Waals surface area contributed by atoms with Gasteiger partial charge in [-0.25, -0.2) is 0 Å². The summed E-state index contributed by atoms with van der Waals surface area (Å²) in [6, 6.07) is 4.10. The first-order chi connectivity index (χ1) is 8.24. The second kappa shape index (κ2) is 5.27. The third kappa shape index (κ3) is 3.37. The van der Waals surface area contributed by atoms with Crippen LogP contribution in [0, 0.1) is 5.41 Å². The Labute approximate surface area is 109 Å². The highest BCUT2D eigenvalue weighted by atomic mass is 35.5. The van der Waals surface area contributed by atoms with Crippen molar-refractivity contribution in [3.8, 4) is 5.75 Å². The van der Waals surface area contributed by atoms with E-state index < -0.39 is 17.3 Å². The number of hydrogen-bond acceptors (Lipinski definition) is 3. The predicted octanol–water partition coefficient (Wildman–Crippen LogP) is 1.89. The number of hydrogen-bond donors (Lipinski definition) is 3. The van der Waals surface area contributed by atoms with Crippen molar-refractivity contribution in [2.45, 2.75) is 13.8 Å². The van der Waals surface area contributed by atoms with E-state index in [0.29, 0.717) is 5.02 Å². The summed E-state index contributed by atoms with van der Waals surface area (Å²) in [4.78, 5) is 22.6. The van der Waals surface area contributed by atoms with Gasteiger partial charge in [-0.3, -0.25) is 9.59 Å². The molecule has 0 heterocycles. The largest absolute Gasteiger partial charge is 0.507 e. The SMILES string of the molecule is CC(C)(CNC(=O)c1ccc(Cl)cc1O)C(=O)O. The van der Waals surface area contributed by atoms with Crippen LogP contribution in [0.25, 0.3) is 0 Å². The minimum absolute atomic E-state index is 0.0385. The lowest BCUT2D eigenvalue weighted by molar-refractivity contribution is -0.146. The van der Waals surface area contributed by atoms with E-state index in [2.05, 4.69) is 5.32 Å². The van der Waals surface area contributed by atoms with E-state index in [-0.39, 0.29) is 17.9 Å². The number of halogens is 1. The summed E-state index contributed by atoms with van der Waals surface area (Å²) in [5.74, 6) is -1.80. The van der Waals surface area contributed by atoms with E-state index in [1.54, 1.807) is 0 Å². The second-order valence-corrected chi connectivity index (χ2v) is 4.97. The third-order valence-corrected chi connectivity index (χ3v) is 2.71. The molecule has 0 aliphatic heterocycles. The summed E-state index contributed by atoms with van der Waals surface area (Å²) < 4.78 is 0. The van der Waals surface area contributed by atoms with Crippen LogP contribution in [0.5, 0.6) is 5.75 Å². The van der Waals surface area contributed by atoms with E-state index >= 15 is 0 Å². The number of carboxylic acids is 1. The fraction of sp³-hybridized carbons (Fsp3) is 0.333. The van der Waals surface area contributed by atoms with Gasteiger partial charge in [0.2, 0.25) is 0 Å². The lowest BCUT2D eigenvalue weighted by Crippen LogP contribution is -2.38. The Morgan fingerprint density at radius 1 is 1.39 bits per heavy atom. The van der Waals surface area contributed by atoms with Crippen LogP contribution >= 0.6 is 11.6 Å². The molecule has 1 aromatic rings. The van der Waals surface area contributed by atoms with Gasteiger partial charge in [0, 0.05) is 11.6 Å². The van der Waals surface area contributed by atoms with Gasteiger partial charge in [0.1, 0.15) is 5.75 Å². The van der Waals surface area contributed by atoms with Gasteiger partial charge in [-0.1, -0.05) is 11.6 Å². The topological polar surface area (TPSA) is 86.6 Å². The molecule has 0 radical (unpaired) electrons. The lowest BCUT2D eigenvalue weighted by atomic mass is 9.94. The number of rotatable bonds is 4. The minimum atomic E-state index is -1.07. The number of carboxylic acid groups (broad SMARTS) is 1. The molecule has 18 heavy (non-hydrogen) atoms. The number of phenolic OH excluding ortho intramolecular Hbond substituents is 1. The highest BCUT2D eigenvalue weighted by Crippen LogP contribution is 2.22. The minimum Gasteiger partial charge on any atom is -0.507 e. The molecule has 6 heteroatoms. The Morgan fingerprint density at radius 2 is 2.00 bits per heavy atom. The van der Waals surface area contributed by atoms with Crippen LogP contribution < -0.4 is 5.32 Å². The van der Waals surface area contributed by atoms with Crippen LogP contribution in [0.15, 0.2) is 18.2 Å². The number of aliphatic carboxylic acids is 1. The van der Waals surface area contributed by atoms with E-state index in [1.807, 2.05) is 0 Å². The summed E-state index contributed by atoms with van der Waals surface area (Å²) in [6.45, 7) is 2.96. The molecule has 0 unspecified atom stereocenters. The third-order valence-electron chi connectivity index (χ3n) is 2.47. The smallest absolute Gasteiger partial charge is 0.310 e. The van der Waals surface area contributed by atoms with Crippen molar-refractivity contribution in [2.24, 2.45) is 5.41 Å². The maximum Gasteiger partial charge on any atom is 0.310 e. The predicted molar refractivity (Wildman–Crippen MR) is 66.9 cm³/mol. The fourth-order valence-corrected chi connectivity index (χ4v) is 1.34. The zero-order valence-electron chi connectivity index (χ0n) is 10.0. The molecular formula is C12H14ClNO4. The van der Waals surface area contributed by atoms with Crippen molar-refractivity contribution in [3.05, 3.63) is 28.8 Å². The molecule has 0 spiro atoms. The number of benzene rings is 1. The van der Waals surface area contributed by atoms with Gasteiger partial charge in [-0.15, -0.1) is 0 Å². The summed E-state index contributed by atoms with van der Waals surface area (Å²) in [5.41, 5.74) is -1.02. The van der Waals surface area contributed by atoms with Gasteiger partial charge in [0.05, 0.1) is 11.0 Å². The van der Waals surface area contributed by atoms with Gasteiger partial charge in [0.25, 0.3) is 5.91 Å². The van der Waals surface area contributed by atoms with Crippen molar-refractivity contribution < 1.29 is 19.8 Å². The quantitative estimate of drug-likeness (QED) is 0.780. The molecule has 1 rings (SSSR count). The standard InChI is InChI=1S/C12H14ClNO4/c1-12(2,11(17)18)6-14-10(16)8-4-3-7(13)5-9(8)15/h3-5,15H,6H2,1-2H3,(H,14,16)(H,17,18). The lowest BCUT2D eigenvalue weighted by Gasteiger charge is -2.19. The molecule has 0 aliphatic rings. The first-order valence-electron chi connectivity index (χ1n) is 5.24. The molecular weight excluding hydrogens is 258 g/mol. The summed E-state index contributed by atoms with van der Waals surface area (Å²) >= 11 is 5.64. The fourth-order valence-electron chi connectivity index (χ4n) is 1.17. The van der Waals surface area contributed by atoms with Gasteiger partial charge in [-0.2, -0.15) is 0 Å². The first kappa shape index (κ1) is 14.3. The van der Waals surface area contributed by atoms with E-state index in [4.69, 9.17) is 16.7 Å². The Balaban J connectivity index is 2.75. The number of amides is 1. The molecule has 0 saturated heterocycles. The number of carbonyl (C=O) groups is 2. The van der Waals surface area contributed by atoms with Crippen LogP contribution in [-0.2, 0) is 4.79 Å². The molecule has 1 aromatic carbocycles. The van der Waals surface area contributed by atoms with Crippen molar-refractivity contribution in [1.29, 1.82) is 0 Å². The number of carbonyl (C=O) groups excluding carboxylic acids is 1. The first-order valence-corrected chi connectivity index (χ1v) is 5.62. The molecule has 0 aliphatic carbocycles. The van der Waals surface area contributed by atoms with E-state index in [0.717, 1.165) is 0 Å². The molecule has 1 amide bonds. The molecule has 0 aromatic heterocycles. The molecule has 0 bridgehead atoms. The average Bonchev–Trinajstić information content (AvgIpc) is 2.25. The Morgan fingerprint density at radius 3 is 2.50 bits per heavy atom. The highest BCUT2D eigenvalue weighted by molar-refractivity contribution is 6.30. The van der Waals surface area contributed by atoms with Crippen LogP contribution in [0.1, 0.15) is 24.2 Å². The van der Waals surface area contributed by atoms with Crippen LogP contribution in [0.3, 0.4) is 0 Å². The monoisotopic (exact) mass is 271 g/mol. The normalized spacial score (nSPS) is 11.1. The van der Waals surface area contributed by atoms with Crippen LogP contribution in [0.2, 0.25) is 5.02 Å². The molecule has 98 valence electrons. The number of nitrogens with one attached hydrogen (secondary N) is 1. The molecule has 0 saturated carbocycles. The van der Waals surface area contributed by atoms with Crippen molar-refractivity contribution in [1.82, 2.24) is 5.32 Å². The average molecular weight is 272 g/mol. The van der Waals surface area contributed by atoms with Gasteiger partial charge in [0.15, 0.2) is 0 Å². The zero-order valence-corrected chi connectivity index (χ0v) is 10.8. The van der Waals surface area contributed by atoms with E-state index in [9.17, 15) is 14.7 Å². The second-order valence-electron chi connectivity index (χ2n) is 4.53. The summed E-state index contributed by atoms with van der Waals surface area (Å²) in [6.07, 6.45) is 0. The highest BCUT2D eigenvalue weighted by Gasteiger charge is 2.28. The van der Waals surface area contributed by atoms with Crippen molar-refractivity contribution in [2.75, 3.05) is 6.54 Å². The summed E-state index contributed by atoms with van der Waals surface area (Å²) in [5, 5.41) is 21.2. The van der Waals surface area contributed by atoms with Crippen LogP contribution in [0.4, 0.5) is 0 Å². The molecule has 0 fully saturated rings. The maximum absolute atomic E-state index is 11.7. The molecule has 3 N–H and O–H groups in total. The van der Waals surface area contributed by atoms with Crippen molar-refractivity contribution in [3.63, 3.8) is 0 Å². The molecule has 0 atom stereocenters. The van der Waals surface area contributed by atoms with Crippen LogP contribution in [-0.4, -0.2) is 28.6 Å².